The Balaban J connectivity index is 2.09. The molecule has 1 aliphatic heterocycles. The van der Waals surface area contributed by atoms with E-state index in [-0.39, 0.29) is 23.7 Å². The van der Waals surface area contributed by atoms with Crippen LogP contribution in [-0.4, -0.2) is 36.9 Å². The fourth-order valence-electron chi connectivity index (χ4n) is 2.92. The minimum Gasteiger partial charge on any atom is -0.495 e. The molecule has 0 aliphatic carbocycles. The maximum Gasteiger partial charge on any atom is 0.229 e. The van der Waals surface area contributed by atoms with Gasteiger partial charge in [0.15, 0.2) is 0 Å². The monoisotopic (exact) mass is 352 g/mol. The van der Waals surface area contributed by atoms with E-state index in [1.54, 1.807) is 24.1 Å². The van der Waals surface area contributed by atoms with Crippen LogP contribution in [0.2, 0.25) is 5.02 Å². The summed E-state index contributed by atoms with van der Waals surface area (Å²) < 4.78 is 5.30. The molecule has 0 aromatic heterocycles. The highest BCUT2D eigenvalue weighted by Gasteiger charge is 2.29. The molecule has 0 bridgehead atoms. The second-order valence-corrected chi connectivity index (χ2v) is 6.98. The van der Waals surface area contributed by atoms with Gasteiger partial charge in [-0.05, 0) is 31.4 Å². The molecule has 1 aliphatic rings. The second-order valence-electron chi connectivity index (χ2n) is 6.57. The molecule has 1 aromatic rings. The van der Waals surface area contributed by atoms with Crippen molar-refractivity contribution in [3.63, 3.8) is 0 Å². The van der Waals surface area contributed by atoms with Crippen molar-refractivity contribution in [3.05, 3.63) is 22.7 Å². The number of carbonyl (C=O) groups excluding carboxylic acids is 2. The van der Waals surface area contributed by atoms with Gasteiger partial charge in [0.2, 0.25) is 11.8 Å². The number of rotatable bonds is 4. The van der Waals surface area contributed by atoms with Crippen molar-refractivity contribution in [2.45, 2.75) is 33.6 Å². The number of benzene rings is 1. The van der Waals surface area contributed by atoms with Gasteiger partial charge in [0.05, 0.1) is 18.7 Å². The number of halogens is 1. The standard InChI is InChI=1S/C18H25ClN2O3/c1-11(2)18(23)21-7-5-6-13(10-21)17(22)20-15-8-12(3)14(19)9-16(15)24-4/h8-9,11,13H,5-7,10H2,1-4H3,(H,20,22)/t13-/m1/s1. The Hall–Kier alpha value is -1.75. The van der Waals surface area contributed by atoms with Crippen LogP contribution < -0.4 is 10.1 Å². The van der Waals surface area contributed by atoms with Crippen LogP contribution in [0.5, 0.6) is 5.75 Å². The van der Waals surface area contributed by atoms with Crippen molar-refractivity contribution >= 4 is 29.1 Å². The summed E-state index contributed by atoms with van der Waals surface area (Å²) in [4.78, 5) is 26.6. The number of methoxy groups -OCH3 is 1. The molecule has 2 rings (SSSR count). The lowest BCUT2D eigenvalue weighted by Gasteiger charge is -2.33. The fraction of sp³-hybridized carbons (Fsp3) is 0.556. The summed E-state index contributed by atoms with van der Waals surface area (Å²) >= 11 is 6.10. The summed E-state index contributed by atoms with van der Waals surface area (Å²) in [6, 6.07) is 3.50. The molecule has 132 valence electrons. The number of hydrogen-bond donors (Lipinski definition) is 1. The quantitative estimate of drug-likeness (QED) is 0.902. The molecule has 2 amide bonds. The van der Waals surface area contributed by atoms with Gasteiger partial charge in [-0.3, -0.25) is 9.59 Å². The van der Waals surface area contributed by atoms with E-state index in [2.05, 4.69) is 5.32 Å². The zero-order valence-corrected chi connectivity index (χ0v) is 15.4. The highest BCUT2D eigenvalue weighted by molar-refractivity contribution is 6.31. The number of hydrogen-bond acceptors (Lipinski definition) is 3. The molecule has 0 saturated carbocycles. The van der Waals surface area contributed by atoms with Gasteiger partial charge in [0.25, 0.3) is 0 Å². The lowest BCUT2D eigenvalue weighted by Crippen LogP contribution is -2.45. The number of anilines is 1. The van der Waals surface area contributed by atoms with Crippen LogP contribution >= 0.6 is 11.6 Å². The summed E-state index contributed by atoms with van der Waals surface area (Å²) in [5.74, 6) is 0.293. The molecule has 24 heavy (non-hydrogen) atoms. The van der Waals surface area contributed by atoms with E-state index < -0.39 is 0 Å². The van der Waals surface area contributed by atoms with Crippen molar-refractivity contribution in [1.29, 1.82) is 0 Å². The normalized spacial score (nSPS) is 17.8. The van der Waals surface area contributed by atoms with Gasteiger partial charge in [-0.25, -0.2) is 0 Å². The van der Waals surface area contributed by atoms with Gasteiger partial charge in [0.1, 0.15) is 5.75 Å². The first-order chi connectivity index (χ1) is 11.3. The molecule has 1 fully saturated rings. The molecule has 1 aromatic carbocycles. The maximum atomic E-state index is 12.6. The van der Waals surface area contributed by atoms with Gasteiger partial charge in [-0.1, -0.05) is 25.4 Å². The van der Waals surface area contributed by atoms with Crippen LogP contribution in [0.3, 0.4) is 0 Å². The third kappa shape index (κ3) is 4.20. The number of piperidine rings is 1. The number of aryl methyl sites for hydroxylation is 1. The highest BCUT2D eigenvalue weighted by Crippen LogP contribution is 2.31. The highest BCUT2D eigenvalue weighted by atomic mass is 35.5. The number of nitrogens with one attached hydrogen (secondary N) is 1. The van der Waals surface area contributed by atoms with E-state index in [1.165, 1.54) is 0 Å². The Kier molecular flexibility index (Phi) is 6.10. The topological polar surface area (TPSA) is 58.6 Å². The molecular weight excluding hydrogens is 328 g/mol. The SMILES string of the molecule is COc1cc(Cl)c(C)cc1NC(=O)[C@@H]1CCCN(C(=O)C(C)C)C1. The Morgan fingerprint density at radius 1 is 1.38 bits per heavy atom. The summed E-state index contributed by atoms with van der Waals surface area (Å²) in [6.07, 6.45) is 1.62. The minimum atomic E-state index is -0.206. The van der Waals surface area contributed by atoms with E-state index in [4.69, 9.17) is 16.3 Å². The van der Waals surface area contributed by atoms with Crippen molar-refractivity contribution in [3.8, 4) is 5.75 Å². The lowest BCUT2D eigenvalue weighted by molar-refractivity contribution is -0.137. The lowest BCUT2D eigenvalue weighted by atomic mass is 9.96. The summed E-state index contributed by atoms with van der Waals surface area (Å²) in [7, 11) is 1.54. The predicted octanol–water partition coefficient (Wildman–Crippen LogP) is 3.49. The van der Waals surface area contributed by atoms with Gasteiger partial charge in [-0.15, -0.1) is 0 Å². The largest absolute Gasteiger partial charge is 0.495 e. The van der Waals surface area contributed by atoms with Crippen molar-refractivity contribution in [2.75, 3.05) is 25.5 Å². The van der Waals surface area contributed by atoms with Crippen LogP contribution in [-0.2, 0) is 9.59 Å². The van der Waals surface area contributed by atoms with Gasteiger partial charge in [-0.2, -0.15) is 0 Å². The van der Waals surface area contributed by atoms with E-state index in [0.717, 1.165) is 24.9 Å². The Bertz CT molecular complexity index is 631. The fourth-order valence-corrected chi connectivity index (χ4v) is 3.07. The summed E-state index contributed by atoms with van der Waals surface area (Å²) in [5, 5.41) is 3.52. The van der Waals surface area contributed by atoms with Crippen LogP contribution in [0.25, 0.3) is 0 Å². The first-order valence-electron chi connectivity index (χ1n) is 8.27. The molecule has 0 radical (unpaired) electrons. The molecule has 6 heteroatoms. The average Bonchev–Trinajstić information content (AvgIpc) is 2.57. The van der Waals surface area contributed by atoms with Crippen molar-refractivity contribution in [2.24, 2.45) is 11.8 Å². The van der Waals surface area contributed by atoms with Gasteiger partial charge >= 0.3 is 0 Å². The molecular formula is C18H25ClN2O3. The van der Waals surface area contributed by atoms with E-state index >= 15 is 0 Å². The van der Waals surface area contributed by atoms with Crippen LogP contribution in [0, 0.1) is 18.8 Å². The van der Waals surface area contributed by atoms with E-state index in [9.17, 15) is 9.59 Å². The first-order valence-corrected chi connectivity index (χ1v) is 8.65. The molecule has 0 unspecified atom stereocenters. The maximum absolute atomic E-state index is 12.6. The van der Waals surface area contributed by atoms with E-state index in [1.807, 2.05) is 20.8 Å². The zero-order chi connectivity index (χ0) is 17.9. The van der Waals surface area contributed by atoms with Crippen LogP contribution in [0.15, 0.2) is 12.1 Å². The average molecular weight is 353 g/mol. The Morgan fingerprint density at radius 3 is 2.71 bits per heavy atom. The summed E-state index contributed by atoms with van der Waals surface area (Å²) in [5.41, 5.74) is 1.48. The number of likely N-dealkylation sites (tertiary alicyclic amines) is 1. The molecule has 0 spiro atoms. The third-order valence-corrected chi connectivity index (χ3v) is 4.74. The number of carbonyl (C=O) groups is 2. The van der Waals surface area contributed by atoms with Crippen LogP contribution in [0.4, 0.5) is 5.69 Å². The first kappa shape index (κ1) is 18.6. The zero-order valence-electron chi connectivity index (χ0n) is 14.7. The molecule has 1 saturated heterocycles. The Labute approximate surface area is 148 Å². The minimum absolute atomic E-state index is 0.0502. The Morgan fingerprint density at radius 2 is 2.08 bits per heavy atom. The number of nitrogens with zero attached hydrogens (tertiary/aromatic N) is 1. The molecule has 1 atom stereocenters. The molecule has 5 nitrogen and oxygen atoms in total. The van der Waals surface area contributed by atoms with E-state index in [0.29, 0.717) is 23.0 Å². The number of amides is 2. The molecule has 1 N–H and O–H groups in total. The van der Waals surface area contributed by atoms with Crippen molar-refractivity contribution in [1.82, 2.24) is 4.90 Å². The number of ether oxygens (including phenoxy) is 1. The van der Waals surface area contributed by atoms with Crippen molar-refractivity contribution < 1.29 is 14.3 Å². The second kappa shape index (κ2) is 7.88. The third-order valence-electron chi connectivity index (χ3n) is 4.34. The van der Waals surface area contributed by atoms with Crippen LogP contribution in [0.1, 0.15) is 32.3 Å². The van der Waals surface area contributed by atoms with Gasteiger partial charge in [0, 0.05) is 30.1 Å². The smallest absolute Gasteiger partial charge is 0.229 e. The predicted molar refractivity (Wildman–Crippen MR) is 95.5 cm³/mol. The van der Waals surface area contributed by atoms with Gasteiger partial charge < -0.3 is 15.0 Å². The molecule has 1 heterocycles. The summed E-state index contributed by atoms with van der Waals surface area (Å²) in [6.45, 7) is 6.84.